The molecule has 3 nitrogen and oxygen atoms in total. The maximum atomic E-state index is 12.1. The molecule has 1 heterocycles. The van der Waals surface area contributed by atoms with Gasteiger partial charge in [0, 0.05) is 32.0 Å². The lowest BCUT2D eigenvalue weighted by Crippen LogP contribution is -2.49. The van der Waals surface area contributed by atoms with Crippen molar-refractivity contribution in [2.45, 2.75) is 59.2 Å². The van der Waals surface area contributed by atoms with Crippen LogP contribution in [0.15, 0.2) is 0 Å². The van der Waals surface area contributed by atoms with Crippen LogP contribution in [0.5, 0.6) is 0 Å². The summed E-state index contributed by atoms with van der Waals surface area (Å²) in [6.07, 6.45) is 3.46. The topological polar surface area (TPSA) is 29.5 Å². The Hall–Kier alpha value is -0.410. The number of rotatable bonds is 2. The van der Waals surface area contributed by atoms with Gasteiger partial charge in [-0.2, -0.15) is 0 Å². The Balaban J connectivity index is 1.93. The van der Waals surface area contributed by atoms with Gasteiger partial charge in [-0.25, -0.2) is 0 Å². The zero-order chi connectivity index (χ0) is 13.3. The molecule has 0 aromatic heterocycles. The number of Topliss-reactive ketones (excluding diaryl/α,β-unsaturated/α-hetero) is 1. The molecule has 1 saturated carbocycles. The summed E-state index contributed by atoms with van der Waals surface area (Å²) in [6, 6.07) is 0. The van der Waals surface area contributed by atoms with Gasteiger partial charge in [0.2, 0.25) is 0 Å². The van der Waals surface area contributed by atoms with Gasteiger partial charge < -0.3 is 4.74 Å². The van der Waals surface area contributed by atoms with Gasteiger partial charge in [0.1, 0.15) is 5.78 Å². The summed E-state index contributed by atoms with van der Waals surface area (Å²) < 4.78 is 5.75. The molecule has 1 unspecified atom stereocenters. The van der Waals surface area contributed by atoms with Gasteiger partial charge in [-0.15, -0.1) is 0 Å². The predicted octanol–water partition coefficient (Wildman–Crippen LogP) is 2.49. The highest BCUT2D eigenvalue weighted by Gasteiger charge is 2.35. The normalized spacial score (nSPS) is 37.8. The lowest BCUT2D eigenvalue weighted by atomic mass is 9.71. The molecule has 0 N–H and O–H groups in total. The van der Waals surface area contributed by atoms with E-state index < -0.39 is 0 Å². The van der Waals surface area contributed by atoms with Crippen molar-refractivity contribution in [2.75, 3.05) is 19.6 Å². The van der Waals surface area contributed by atoms with Gasteiger partial charge >= 0.3 is 0 Å². The molecule has 0 aromatic rings. The molecule has 0 amide bonds. The zero-order valence-corrected chi connectivity index (χ0v) is 12.2. The standard InChI is InChI=1S/C15H27NO2/c1-11-8-16(9-12(2)18-11)10-13-7-15(3,4)6-5-14(13)17/h11-13H,5-10H2,1-4H3/t11-,12+,13?. The SMILES string of the molecule is C[C@@H]1CN(CC2CC(C)(C)CCC2=O)C[C@H](C)O1. The molecular weight excluding hydrogens is 226 g/mol. The minimum Gasteiger partial charge on any atom is -0.373 e. The maximum absolute atomic E-state index is 12.1. The third-order valence-corrected chi connectivity index (χ3v) is 4.28. The van der Waals surface area contributed by atoms with E-state index in [0.717, 1.165) is 38.9 Å². The fourth-order valence-electron chi connectivity index (χ4n) is 3.46. The van der Waals surface area contributed by atoms with Crippen molar-refractivity contribution in [2.24, 2.45) is 11.3 Å². The molecular formula is C15H27NO2. The number of carbonyl (C=O) groups excluding carboxylic acids is 1. The Kier molecular flexibility index (Phi) is 4.12. The van der Waals surface area contributed by atoms with Gasteiger partial charge in [0.15, 0.2) is 0 Å². The first kappa shape index (κ1) is 14.0. The van der Waals surface area contributed by atoms with Crippen LogP contribution in [-0.4, -0.2) is 42.5 Å². The van der Waals surface area contributed by atoms with Crippen LogP contribution in [0.25, 0.3) is 0 Å². The molecule has 1 aliphatic heterocycles. The van der Waals surface area contributed by atoms with Crippen LogP contribution >= 0.6 is 0 Å². The number of nitrogens with zero attached hydrogens (tertiary/aromatic N) is 1. The first-order valence-electron chi connectivity index (χ1n) is 7.26. The Bertz CT molecular complexity index is 304. The van der Waals surface area contributed by atoms with Crippen molar-refractivity contribution in [1.82, 2.24) is 4.90 Å². The van der Waals surface area contributed by atoms with Crippen LogP contribution in [0.2, 0.25) is 0 Å². The quantitative estimate of drug-likeness (QED) is 0.757. The monoisotopic (exact) mass is 253 g/mol. The Morgan fingerprint density at radius 1 is 1.28 bits per heavy atom. The highest BCUT2D eigenvalue weighted by atomic mass is 16.5. The van der Waals surface area contributed by atoms with Crippen LogP contribution < -0.4 is 0 Å². The smallest absolute Gasteiger partial charge is 0.137 e. The van der Waals surface area contributed by atoms with Crippen molar-refractivity contribution < 1.29 is 9.53 Å². The fraction of sp³-hybridized carbons (Fsp3) is 0.933. The van der Waals surface area contributed by atoms with Crippen molar-refractivity contribution in [3.63, 3.8) is 0 Å². The average Bonchev–Trinajstić information content (AvgIpc) is 2.22. The molecule has 2 fully saturated rings. The van der Waals surface area contributed by atoms with Crippen LogP contribution in [0.3, 0.4) is 0 Å². The van der Waals surface area contributed by atoms with E-state index in [0.29, 0.717) is 23.4 Å². The third-order valence-electron chi connectivity index (χ3n) is 4.28. The van der Waals surface area contributed by atoms with E-state index in [9.17, 15) is 4.79 Å². The molecule has 3 atom stereocenters. The van der Waals surface area contributed by atoms with Gasteiger partial charge in [-0.3, -0.25) is 9.69 Å². The molecule has 1 aliphatic carbocycles. The van der Waals surface area contributed by atoms with Crippen LogP contribution in [0, 0.1) is 11.3 Å². The predicted molar refractivity (Wildman–Crippen MR) is 72.6 cm³/mol. The average molecular weight is 253 g/mol. The lowest BCUT2D eigenvalue weighted by Gasteiger charge is -2.40. The number of hydrogen-bond donors (Lipinski definition) is 0. The number of ketones is 1. The number of morpholine rings is 1. The fourth-order valence-corrected chi connectivity index (χ4v) is 3.46. The molecule has 3 heteroatoms. The summed E-state index contributed by atoms with van der Waals surface area (Å²) in [4.78, 5) is 14.5. The Labute approximate surface area is 111 Å². The highest BCUT2D eigenvalue weighted by Crippen LogP contribution is 2.37. The minimum atomic E-state index is 0.242. The van der Waals surface area contributed by atoms with Crippen molar-refractivity contribution in [3.05, 3.63) is 0 Å². The molecule has 2 aliphatic rings. The maximum Gasteiger partial charge on any atom is 0.137 e. The summed E-state index contributed by atoms with van der Waals surface area (Å²) in [6.45, 7) is 11.7. The number of carbonyl (C=O) groups is 1. The van der Waals surface area contributed by atoms with E-state index in [1.807, 2.05) is 0 Å². The van der Waals surface area contributed by atoms with Crippen molar-refractivity contribution in [1.29, 1.82) is 0 Å². The second-order valence-electron chi connectivity index (χ2n) is 7.01. The van der Waals surface area contributed by atoms with E-state index in [-0.39, 0.29) is 5.92 Å². The Morgan fingerprint density at radius 3 is 2.50 bits per heavy atom. The minimum absolute atomic E-state index is 0.242. The van der Waals surface area contributed by atoms with Crippen LogP contribution in [0.4, 0.5) is 0 Å². The van der Waals surface area contributed by atoms with Crippen molar-refractivity contribution >= 4 is 5.78 Å². The summed E-state index contributed by atoms with van der Waals surface area (Å²) in [5.74, 6) is 0.715. The largest absolute Gasteiger partial charge is 0.373 e. The number of hydrogen-bond acceptors (Lipinski definition) is 3. The van der Waals surface area contributed by atoms with E-state index in [2.05, 4.69) is 32.6 Å². The summed E-state index contributed by atoms with van der Waals surface area (Å²) in [5.41, 5.74) is 0.335. The third kappa shape index (κ3) is 3.55. The number of ether oxygens (including phenoxy) is 1. The molecule has 0 aromatic carbocycles. The van der Waals surface area contributed by atoms with Gasteiger partial charge in [-0.1, -0.05) is 13.8 Å². The van der Waals surface area contributed by atoms with E-state index in [1.54, 1.807) is 0 Å². The van der Waals surface area contributed by atoms with E-state index in [4.69, 9.17) is 4.74 Å². The summed E-state index contributed by atoms with van der Waals surface area (Å²) in [5, 5.41) is 0. The van der Waals surface area contributed by atoms with Gasteiger partial charge in [0.05, 0.1) is 12.2 Å². The first-order chi connectivity index (χ1) is 8.35. The van der Waals surface area contributed by atoms with E-state index >= 15 is 0 Å². The van der Waals surface area contributed by atoms with Crippen molar-refractivity contribution in [3.8, 4) is 0 Å². The lowest BCUT2D eigenvalue weighted by molar-refractivity contribution is -0.129. The van der Waals surface area contributed by atoms with Gasteiger partial charge in [-0.05, 0) is 32.1 Å². The molecule has 0 spiro atoms. The van der Waals surface area contributed by atoms with Crippen LogP contribution in [-0.2, 0) is 9.53 Å². The molecule has 0 bridgehead atoms. The molecule has 104 valence electrons. The highest BCUT2D eigenvalue weighted by molar-refractivity contribution is 5.82. The van der Waals surface area contributed by atoms with Crippen LogP contribution in [0.1, 0.15) is 47.0 Å². The first-order valence-corrected chi connectivity index (χ1v) is 7.26. The molecule has 18 heavy (non-hydrogen) atoms. The van der Waals surface area contributed by atoms with E-state index in [1.165, 1.54) is 0 Å². The zero-order valence-electron chi connectivity index (χ0n) is 12.2. The second-order valence-corrected chi connectivity index (χ2v) is 7.01. The second kappa shape index (κ2) is 5.30. The molecule has 2 rings (SSSR count). The Morgan fingerprint density at radius 2 is 1.89 bits per heavy atom. The molecule has 1 saturated heterocycles. The summed E-state index contributed by atoms with van der Waals surface area (Å²) >= 11 is 0. The molecule has 0 radical (unpaired) electrons. The summed E-state index contributed by atoms with van der Waals surface area (Å²) in [7, 11) is 0. The van der Waals surface area contributed by atoms with Gasteiger partial charge in [0.25, 0.3) is 0 Å².